The number of urea groups is 1. The van der Waals surface area contributed by atoms with Gasteiger partial charge in [-0.2, -0.15) is 31.4 Å². The van der Waals surface area contributed by atoms with Crippen molar-refractivity contribution in [2.75, 3.05) is 19.8 Å². The van der Waals surface area contributed by atoms with Crippen molar-refractivity contribution in [3.63, 3.8) is 0 Å². The molecule has 3 aromatic rings. The number of hydrogen-bond acceptors (Lipinski definition) is 9. The monoisotopic (exact) mass is 634 g/mol. The summed E-state index contributed by atoms with van der Waals surface area (Å²) in [4.78, 5) is 30.9. The third kappa shape index (κ3) is 6.72. The van der Waals surface area contributed by atoms with Gasteiger partial charge in [0, 0.05) is 5.56 Å². The summed E-state index contributed by atoms with van der Waals surface area (Å²) in [6.45, 7) is 1.69. The number of ether oxygens (including phenoxy) is 2. The van der Waals surface area contributed by atoms with E-state index in [1.165, 1.54) is 29.9 Å². The van der Waals surface area contributed by atoms with E-state index in [1.54, 1.807) is 0 Å². The Balaban J connectivity index is 1.44. The molecule has 4 heterocycles. The van der Waals surface area contributed by atoms with Crippen molar-refractivity contribution >= 4 is 17.6 Å². The van der Waals surface area contributed by atoms with E-state index < -0.39 is 61.2 Å². The van der Waals surface area contributed by atoms with E-state index in [4.69, 9.17) is 9.47 Å². The van der Waals surface area contributed by atoms with Gasteiger partial charge in [0.2, 0.25) is 0 Å². The summed E-state index contributed by atoms with van der Waals surface area (Å²) in [5.41, 5.74) is -2.14. The van der Waals surface area contributed by atoms with Crippen molar-refractivity contribution in [2.45, 2.75) is 75.8 Å². The van der Waals surface area contributed by atoms with Crippen molar-refractivity contribution in [1.82, 2.24) is 40.4 Å². The van der Waals surface area contributed by atoms with Crippen LogP contribution in [0.15, 0.2) is 23.1 Å². The van der Waals surface area contributed by atoms with Crippen molar-refractivity contribution in [2.24, 2.45) is 0 Å². The Kier molecular flexibility index (Phi) is 8.21. The smallest absolute Gasteiger partial charge is 0.376 e. The predicted molar refractivity (Wildman–Crippen MR) is 135 cm³/mol. The molecule has 5 rings (SSSR count). The number of alkyl halides is 6. The number of imidazole rings is 1. The summed E-state index contributed by atoms with van der Waals surface area (Å²) in [6.07, 6.45) is -5.20. The minimum atomic E-state index is -4.73. The van der Waals surface area contributed by atoms with Gasteiger partial charge in [-0.1, -0.05) is 5.16 Å². The third-order valence-electron chi connectivity index (χ3n) is 7.29. The number of aryl methyl sites for hydroxylation is 1. The first-order valence-electron chi connectivity index (χ1n) is 13.4. The number of fused-ring (bicyclic) bond motifs is 1. The van der Waals surface area contributed by atoms with Crippen LogP contribution < -0.4 is 10.6 Å². The Hall–Kier alpha value is -4.00. The predicted octanol–water partition coefficient (Wildman–Crippen LogP) is 3.43. The van der Waals surface area contributed by atoms with Crippen molar-refractivity contribution in [1.29, 1.82) is 0 Å². The number of amides is 3. The molecule has 0 bridgehead atoms. The number of hydrogen-bond donors (Lipinski definition) is 2. The van der Waals surface area contributed by atoms with E-state index in [0.29, 0.717) is 5.56 Å². The Morgan fingerprint density at radius 3 is 2.50 bits per heavy atom. The molecule has 3 atom stereocenters. The van der Waals surface area contributed by atoms with E-state index in [-0.39, 0.29) is 35.4 Å². The highest BCUT2D eigenvalue weighted by Crippen LogP contribution is 2.35. The molecule has 3 aromatic heterocycles. The lowest BCUT2D eigenvalue weighted by atomic mass is 10.1. The quantitative estimate of drug-likeness (QED) is 0.303. The number of carbonyl (C=O) groups is 2. The first kappa shape index (κ1) is 31.4. The van der Waals surface area contributed by atoms with Crippen LogP contribution in [0.25, 0.3) is 5.65 Å². The third-order valence-corrected chi connectivity index (χ3v) is 7.29. The molecule has 13 nitrogen and oxygen atoms in total. The SMILES string of the molecule is Cc1nonc1C(=O)N[C@@H](COC(C)(C)C(F)(F)F)c1cn2ncc([C@@H](COC3CC3)N3C[C@@H](C(F)(F)F)NC3=O)cc2n1. The highest BCUT2D eigenvalue weighted by molar-refractivity contribution is 5.93. The van der Waals surface area contributed by atoms with Gasteiger partial charge >= 0.3 is 18.4 Å². The molecule has 19 heteroatoms. The largest absolute Gasteiger partial charge is 0.416 e. The lowest BCUT2D eigenvalue weighted by Crippen LogP contribution is -2.44. The molecule has 2 aliphatic rings. The van der Waals surface area contributed by atoms with E-state index in [9.17, 15) is 35.9 Å². The van der Waals surface area contributed by atoms with Crippen LogP contribution in [-0.2, 0) is 9.47 Å². The summed E-state index contributed by atoms with van der Waals surface area (Å²) in [5, 5.41) is 15.7. The topological polar surface area (TPSA) is 149 Å². The second kappa shape index (κ2) is 11.5. The van der Waals surface area contributed by atoms with Gasteiger partial charge in [0.05, 0.1) is 56.0 Å². The Morgan fingerprint density at radius 1 is 1.18 bits per heavy atom. The molecule has 44 heavy (non-hydrogen) atoms. The normalized spacial score (nSPS) is 19.3. The molecule has 0 radical (unpaired) electrons. The highest BCUT2D eigenvalue weighted by atomic mass is 19.4. The zero-order valence-corrected chi connectivity index (χ0v) is 23.6. The molecule has 1 aliphatic heterocycles. The molecule has 0 aromatic carbocycles. The summed E-state index contributed by atoms with van der Waals surface area (Å²) in [5.74, 6) is -0.815. The zero-order chi connectivity index (χ0) is 32.0. The molecular formula is C25H28F6N8O5. The first-order valence-corrected chi connectivity index (χ1v) is 13.4. The van der Waals surface area contributed by atoms with Crippen LogP contribution in [0.3, 0.4) is 0 Å². The average Bonchev–Trinajstić information content (AvgIpc) is 3.29. The fraction of sp³-hybridized carbons (Fsp3) is 0.600. The van der Waals surface area contributed by atoms with E-state index in [0.717, 1.165) is 31.6 Å². The highest BCUT2D eigenvalue weighted by Gasteiger charge is 2.50. The molecule has 1 aliphatic carbocycles. The Morgan fingerprint density at radius 2 is 1.91 bits per heavy atom. The molecule has 2 N–H and O–H groups in total. The van der Waals surface area contributed by atoms with Crippen LogP contribution in [-0.4, -0.2) is 91.6 Å². The maximum absolute atomic E-state index is 13.5. The van der Waals surface area contributed by atoms with Crippen molar-refractivity contribution in [3.05, 3.63) is 41.1 Å². The number of rotatable bonds is 11. The minimum absolute atomic E-state index is 0.0527. The molecule has 0 spiro atoms. The zero-order valence-electron chi connectivity index (χ0n) is 23.6. The average molecular weight is 635 g/mol. The molecule has 1 saturated heterocycles. The van der Waals surface area contributed by atoms with Gasteiger partial charge in [-0.25, -0.2) is 18.9 Å². The molecule has 1 saturated carbocycles. The molecule has 240 valence electrons. The summed E-state index contributed by atoms with van der Waals surface area (Å²) < 4.78 is 97.3. The standard InChI is InChI=1S/C25H28F6N8O5/c1-12-20(37-44-36-12)21(40)34-16(10-43-23(2,3)25(29,30)31)15-8-39-19(33-15)6-13(7-32-39)17(11-42-14-4-5-14)38-9-18(24(26,27)28)35-22(38)41/h6-8,14,16-18H,4-5,9-11H2,1-3H3,(H,34,40)(H,35,41)/t16-,17+,18-/m0/s1. The number of nitrogens with one attached hydrogen (secondary N) is 2. The molecule has 0 unspecified atom stereocenters. The van der Waals surface area contributed by atoms with E-state index in [1.807, 2.05) is 5.32 Å². The maximum Gasteiger partial charge on any atom is 0.416 e. The van der Waals surface area contributed by atoms with Crippen LogP contribution in [0, 0.1) is 6.92 Å². The lowest BCUT2D eigenvalue weighted by molar-refractivity contribution is -0.265. The first-order chi connectivity index (χ1) is 20.5. The second-order valence-electron chi connectivity index (χ2n) is 11.0. The minimum Gasteiger partial charge on any atom is -0.376 e. The Labute approximate surface area is 245 Å². The summed E-state index contributed by atoms with van der Waals surface area (Å²) in [7, 11) is 0. The fourth-order valence-corrected chi connectivity index (χ4v) is 4.34. The number of halogens is 6. The van der Waals surface area contributed by atoms with E-state index in [2.05, 4.69) is 30.3 Å². The number of aromatic nitrogens is 5. The fourth-order valence-electron chi connectivity index (χ4n) is 4.34. The van der Waals surface area contributed by atoms with Crippen LogP contribution in [0.5, 0.6) is 0 Å². The summed E-state index contributed by atoms with van der Waals surface area (Å²) >= 11 is 0. The van der Waals surface area contributed by atoms with Crippen LogP contribution in [0.4, 0.5) is 31.1 Å². The number of carbonyl (C=O) groups excluding carboxylic acids is 2. The second-order valence-corrected chi connectivity index (χ2v) is 11.0. The summed E-state index contributed by atoms with van der Waals surface area (Å²) in [6, 6.07) is -3.71. The molecular weight excluding hydrogens is 606 g/mol. The van der Waals surface area contributed by atoms with Gasteiger partial charge < -0.3 is 25.0 Å². The van der Waals surface area contributed by atoms with Gasteiger partial charge in [0.1, 0.15) is 11.7 Å². The van der Waals surface area contributed by atoms with Gasteiger partial charge in [0.15, 0.2) is 16.9 Å². The van der Waals surface area contributed by atoms with Crippen molar-refractivity contribution < 1.29 is 50.0 Å². The van der Waals surface area contributed by atoms with Gasteiger partial charge in [-0.05, 0) is 44.8 Å². The number of nitrogens with zero attached hydrogens (tertiary/aromatic N) is 6. The maximum atomic E-state index is 13.5. The van der Waals surface area contributed by atoms with Crippen LogP contribution in [0.1, 0.15) is 66.2 Å². The van der Waals surface area contributed by atoms with Crippen LogP contribution in [0.2, 0.25) is 0 Å². The van der Waals surface area contributed by atoms with Gasteiger partial charge in [-0.15, -0.1) is 0 Å². The van der Waals surface area contributed by atoms with Gasteiger partial charge in [0.25, 0.3) is 5.91 Å². The Bertz CT molecular complexity index is 1520. The molecule has 2 fully saturated rings. The molecule has 3 amide bonds. The van der Waals surface area contributed by atoms with Crippen molar-refractivity contribution in [3.8, 4) is 0 Å². The lowest BCUT2D eigenvalue weighted by Gasteiger charge is -2.29. The van der Waals surface area contributed by atoms with E-state index >= 15 is 0 Å². The van der Waals surface area contributed by atoms with Crippen LogP contribution >= 0.6 is 0 Å². The van der Waals surface area contributed by atoms with Gasteiger partial charge in [-0.3, -0.25) is 4.79 Å².